The largest absolute Gasteiger partial charge is 0.339 e. The molecule has 2 fully saturated rings. The van der Waals surface area contributed by atoms with Crippen LogP contribution >= 0.6 is 24.8 Å². The number of hydrogen-bond acceptors (Lipinski definition) is 5. The summed E-state index contributed by atoms with van der Waals surface area (Å²) in [5.74, 6) is 0.426. The Morgan fingerprint density at radius 1 is 1.08 bits per heavy atom. The summed E-state index contributed by atoms with van der Waals surface area (Å²) in [6.07, 6.45) is 1.99. The second kappa shape index (κ2) is 9.57. The first kappa shape index (κ1) is 23.9. The monoisotopic (exact) mass is 403 g/mol. The smallest absolute Gasteiger partial charge is 0.244 e. The van der Waals surface area contributed by atoms with Crippen molar-refractivity contribution >= 4 is 40.6 Å². The molecule has 9 heteroatoms. The van der Waals surface area contributed by atoms with Gasteiger partial charge in [-0.1, -0.05) is 13.8 Å². The van der Waals surface area contributed by atoms with E-state index in [9.17, 15) is 13.2 Å². The maximum absolute atomic E-state index is 13.0. The van der Waals surface area contributed by atoms with E-state index < -0.39 is 14.6 Å². The molecule has 0 saturated carbocycles. The van der Waals surface area contributed by atoms with E-state index in [1.54, 1.807) is 4.90 Å². The first-order valence-corrected chi connectivity index (χ1v) is 10.1. The number of nitrogens with one attached hydrogen (secondary N) is 1. The number of halogens is 2. The van der Waals surface area contributed by atoms with Gasteiger partial charge in [0.05, 0.1) is 0 Å². The number of carbonyl (C=O) groups is 1. The Labute approximate surface area is 158 Å². The van der Waals surface area contributed by atoms with Gasteiger partial charge in [0.25, 0.3) is 0 Å². The highest BCUT2D eigenvalue weighted by atomic mass is 35.5. The van der Waals surface area contributed by atoms with Crippen LogP contribution < -0.4 is 5.32 Å². The van der Waals surface area contributed by atoms with E-state index in [4.69, 9.17) is 0 Å². The molecule has 0 aliphatic carbocycles. The molecule has 24 heavy (non-hydrogen) atoms. The molecule has 0 aromatic heterocycles. The number of rotatable bonds is 4. The fraction of sp³-hybridized carbons (Fsp3) is 0.933. The van der Waals surface area contributed by atoms with Crippen molar-refractivity contribution in [2.45, 2.75) is 31.4 Å². The van der Waals surface area contributed by atoms with Gasteiger partial charge in [-0.3, -0.25) is 9.69 Å². The summed E-state index contributed by atoms with van der Waals surface area (Å²) in [4.78, 5) is 17.1. The molecule has 1 amide bonds. The zero-order chi connectivity index (χ0) is 16.4. The van der Waals surface area contributed by atoms with Crippen molar-refractivity contribution in [3.05, 3.63) is 0 Å². The average Bonchev–Trinajstić information content (AvgIpc) is 2.46. The van der Waals surface area contributed by atoms with Crippen LogP contribution in [0.3, 0.4) is 0 Å². The fourth-order valence-electron chi connectivity index (χ4n) is 3.51. The minimum absolute atomic E-state index is 0. The minimum Gasteiger partial charge on any atom is -0.339 e. The van der Waals surface area contributed by atoms with Crippen LogP contribution in [0.1, 0.15) is 26.7 Å². The molecule has 2 saturated heterocycles. The van der Waals surface area contributed by atoms with Gasteiger partial charge < -0.3 is 10.2 Å². The van der Waals surface area contributed by atoms with E-state index in [1.165, 1.54) is 6.26 Å². The lowest BCUT2D eigenvalue weighted by Crippen LogP contribution is -2.61. The van der Waals surface area contributed by atoms with E-state index in [1.807, 2.05) is 0 Å². The first-order chi connectivity index (χ1) is 10.3. The van der Waals surface area contributed by atoms with Crippen molar-refractivity contribution in [1.29, 1.82) is 0 Å². The summed E-state index contributed by atoms with van der Waals surface area (Å²) in [7, 11) is -3.41. The Hall–Kier alpha value is -0.0800. The molecule has 0 radical (unpaired) electrons. The Bertz CT molecular complexity index is 500. The summed E-state index contributed by atoms with van der Waals surface area (Å²) in [5, 5.41) is 3.15. The molecule has 6 nitrogen and oxygen atoms in total. The third-order valence-electron chi connectivity index (χ3n) is 4.79. The fourth-order valence-corrected chi connectivity index (χ4v) is 4.90. The van der Waals surface area contributed by atoms with Crippen LogP contribution in [0.15, 0.2) is 0 Å². The van der Waals surface area contributed by atoms with Crippen LogP contribution in [0, 0.1) is 5.92 Å². The van der Waals surface area contributed by atoms with Crippen LogP contribution in [0.2, 0.25) is 0 Å². The molecule has 0 aromatic rings. The molecule has 2 rings (SSSR count). The zero-order valence-corrected chi connectivity index (χ0v) is 17.2. The summed E-state index contributed by atoms with van der Waals surface area (Å²) in [6, 6.07) is 0. The Balaban J connectivity index is 0.00000264. The number of piperidine rings is 1. The standard InChI is InChI=1S/C15H29N3O3S.2ClH/c1-13(2)12-17-8-10-18(11-9-17)14(19)15(22(3,20)21)4-6-16-7-5-15;;/h13,16H,4-12H2,1-3H3;2*1H. The summed E-state index contributed by atoms with van der Waals surface area (Å²) in [6.45, 7) is 9.52. The molecule has 0 bridgehead atoms. The second-order valence-electron chi connectivity index (χ2n) is 7.00. The Kier molecular flexibility index (Phi) is 9.54. The van der Waals surface area contributed by atoms with Crippen LogP contribution in [0.25, 0.3) is 0 Å². The average molecular weight is 404 g/mol. The lowest BCUT2D eigenvalue weighted by Gasteiger charge is -2.42. The molecule has 0 aromatic carbocycles. The van der Waals surface area contributed by atoms with Gasteiger partial charge in [-0.15, -0.1) is 24.8 Å². The maximum Gasteiger partial charge on any atom is 0.244 e. The van der Waals surface area contributed by atoms with Crippen molar-refractivity contribution < 1.29 is 13.2 Å². The van der Waals surface area contributed by atoms with Gasteiger partial charge in [0.1, 0.15) is 0 Å². The van der Waals surface area contributed by atoms with Crippen molar-refractivity contribution in [3.63, 3.8) is 0 Å². The zero-order valence-electron chi connectivity index (χ0n) is 14.8. The molecule has 144 valence electrons. The van der Waals surface area contributed by atoms with E-state index in [0.29, 0.717) is 44.9 Å². The van der Waals surface area contributed by atoms with Gasteiger partial charge in [-0.2, -0.15) is 0 Å². The SMILES string of the molecule is CC(C)CN1CCN(C(=O)C2(S(C)(=O)=O)CCNCC2)CC1.Cl.Cl. The summed E-state index contributed by atoms with van der Waals surface area (Å²) < 4.78 is 23.4. The number of hydrogen-bond donors (Lipinski definition) is 1. The van der Waals surface area contributed by atoms with E-state index in [2.05, 4.69) is 24.1 Å². The summed E-state index contributed by atoms with van der Waals surface area (Å²) >= 11 is 0. The van der Waals surface area contributed by atoms with Crippen LogP contribution in [-0.4, -0.2) is 80.9 Å². The normalized spacial score (nSPS) is 21.8. The van der Waals surface area contributed by atoms with Gasteiger partial charge in [0, 0.05) is 39.0 Å². The lowest BCUT2D eigenvalue weighted by atomic mass is 9.94. The van der Waals surface area contributed by atoms with Gasteiger partial charge in [0.2, 0.25) is 5.91 Å². The van der Waals surface area contributed by atoms with Crippen LogP contribution in [0.5, 0.6) is 0 Å². The Morgan fingerprint density at radius 3 is 2.00 bits per heavy atom. The number of sulfone groups is 1. The summed E-state index contributed by atoms with van der Waals surface area (Å²) in [5.41, 5.74) is 0. The lowest BCUT2D eigenvalue weighted by molar-refractivity contribution is -0.136. The molecular weight excluding hydrogens is 373 g/mol. The van der Waals surface area contributed by atoms with E-state index >= 15 is 0 Å². The van der Waals surface area contributed by atoms with Gasteiger partial charge in [-0.25, -0.2) is 8.42 Å². The number of carbonyl (C=O) groups excluding carboxylic acids is 1. The third-order valence-corrected chi connectivity index (χ3v) is 6.80. The van der Waals surface area contributed by atoms with Gasteiger partial charge in [0.15, 0.2) is 14.6 Å². The second-order valence-corrected chi connectivity index (χ2v) is 9.33. The molecule has 0 unspecified atom stereocenters. The number of nitrogens with zero attached hydrogens (tertiary/aromatic N) is 2. The number of amides is 1. The Morgan fingerprint density at radius 2 is 1.58 bits per heavy atom. The number of piperazine rings is 1. The van der Waals surface area contributed by atoms with Gasteiger partial charge in [-0.05, 0) is 31.8 Å². The molecule has 2 aliphatic heterocycles. The molecule has 0 atom stereocenters. The molecule has 0 spiro atoms. The van der Waals surface area contributed by atoms with Crippen LogP contribution in [-0.2, 0) is 14.6 Å². The van der Waals surface area contributed by atoms with Crippen molar-refractivity contribution in [2.75, 3.05) is 52.1 Å². The van der Waals surface area contributed by atoms with E-state index in [-0.39, 0.29) is 30.7 Å². The molecular formula is C15H31Cl2N3O3S. The molecule has 1 N–H and O–H groups in total. The topological polar surface area (TPSA) is 69.7 Å². The predicted octanol–water partition coefficient (Wildman–Crippen LogP) is 0.797. The quantitative estimate of drug-likeness (QED) is 0.751. The highest BCUT2D eigenvalue weighted by molar-refractivity contribution is 7.92. The molecule has 2 aliphatic rings. The van der Waals surface area contributed by atoms with Gasteiger partial charge >= 0.3 is 0 Å². The highest BCUT2D eigenvalue weighted by Gasteiger charge is 2.50. The van der Waals surface area contributed by atoms with E-state index in [0.717, 1.165) is 19.6 Å². The van der Waals surface area contributed by atoms with Crippen molar-refractivity contribution in [2.24, 2.45) is 5.92 Å². The highest BCUT2D eigenvalue weighted by Crippen LogP contribution is 2.30. The van der Waals surface area contributed by atoms with Crippen LogP contribution in [0.4, 0.5) is 0 Å². The third kappa shape index (κ3) is 5.21. The van der Waals surface area contributed by atoms with Crippen molar-refractivity contribution in [3.8, 4) is 0 Å². The predicted molar refractivity (Wildman–Crippen MR) is 102 cm³/mol. The molecule has 2 heterocycles. The first-order valence-electron chi connectivity index (χ1n) is 8.18. The minimum atomic E-state index is -3.41. The van der Waals surface area contributed by atoms with Crippen molar-refractivity contribution in [1.82, 2.24) is 15.1 Å². The maximum atomic E-state index is 13.0.